The van der Waals surface area contributed by atoms with E-state index in [1.165, 1.54) is 18.2 Å². The van der Waals surface area contributed by atoms with Gasteiger partial charge in [0.05, 0.1) is 28.9 Å². The molecule has 0 atom stereocenters. The van der Waals surface area contributed by atoms with E-state index in [1.54, 1.807) is 6.92 Å². The van der Waals surface area contributed by atoms with Gasteiger partial charge in [-0.25, -0.2) is 22.9 Å². The summed E-state index contributed by atoms with van der Waals surface area (Å²) in [5, 5.41) is 9.25. The quantitative estimate of drug-likeness (QED) is 0.434. The number of carbonyl (C=O) groups is 1. The molecule has 0 saturated carbocycles. The van der Waals surface area contributed by atoms with Crippen LogP contribution in [0.4, 0.5) is 5.95 Å². The van der Waals surface area contributed by atoms with Gasteiger partial charge in [-0.2, -0.15) is 4.98 Å². The SMILES string of the molecule is Cc1cccc(COC(C)C)c1-c1nc(NS(=O)(=O)c2cccc(C(=O)O)c2)nc(Cl)c1C. The lowest BCUT2D eigenvalue weighted by Crippen LogP contribution is -2.16. The number of hydrogen-bond donors (Lipinski definition) is 2. The second-order valence-electron chi connectivity index (χ2n) is 7.72. The summed E-state index contributed by atoms with van der Waals surface area (Å²) >= 11 is 6.35. The van der Waals surface area contributed by atoms with Gasteiger partial charge in [0.1, 0.15) is 5.15 Å². The Labute approximate surface area is 197 Å². The Kier molecular flexibility index (Phi) is 7.36. The Morgan fingerprint density at radius 1 is 1.15 bits per heavy atom. The zero-order chi connectivity index (χ0) is 24.3. The average molecular weight is 490 g/mol. The van der Waals surface area contributed by atoms with Crippen LogP contribution in [0.3, 0.4) is 0 Å². The lowest BCUT2D eigenvalue weighted by Gasteiger charge is -2.17. The maximum absolute atomic E-state index is 12.9. The van der Waals surface area contributed by atoms with Crippen LogP contribution in [0.1, 0.15) is 40.9 Å². The van der Waals surface area contributed by atoms with Crippen LogP contribution in [0.5, 0.6) is 0 Å². The number of nitrogens with zero attached hydrogens (tertiary/aromatic N) is 2. The lowest BCUT2D eigenvalue weighted by atomic mass is 9.97. The molecule has 0 spiro atoms. The predicted octanol–water partition coefficient (Wildman–Crippen LogP) is 4.84. The number of aromatic nitrogens is 2. The van der Waals surface area contributed by atoms with E-state index in [-0.39, 0.29) is 27.7 Å². The van der Waals surface area contributed by atoms with Crippen LogP contribution in [-0.4, -0.2) is 35.6 Å². The number of carboxylic acids is 1. The van der Waals surface area contributed by atoms with Gasteiger partial charge in [-0.3, -0.25) is 0 Å². The molecule has 3 aromatic rings. The van der Waals surface area contributed by atoms with Crippen molar-refractivity contribution in [3.63, 3.8) is 0 Å². The third-order valence-corrected chi connectivity index (χ3v) is 6.57. The highest BCUT2D eigenvalue weighted by Gasteiger charge is 2.21. The Hall–Kier alpha value is -3.01. The maximum atomic E-state index is 12.9. The molecule has 10 heteroatoms. The monoisotopic (exact) mass is 489 g/mol. The standard InChI is InChI=1S/C23H24ClN3O5S/c1-13(2)32-12-17-9-5-7-14(3)19(17)20-15(4)21(24)26-23(25-20)27-33(30,31)18-10-6-8-16(11-18)22(28)29/h5-11,13H,12H2,1-4H3,(H,28,29)(H,25,26,27). The smallest absolute Gasteiger partial charge is 0.335 e. The van der Waals surface area contributed by atoms with Crippen molar-refractivity contribution in [1.29, 1.82) is 0 Å². The summed E-state index contributed by atoms with van der Waals surface area (Å²) in [7, 11) is -4.16. The Bertz CT molecular complexity index is 1310. The molecule has 2 aromatic carbocycles. The fraction of sp³-hybridized carbons (Fsp3) is 0.261. The van der Waals surface area contributed by atoms with Gasteiger partial charge in [-0.15, -0.1) is 0 Å². The zero-order valence-corrected chi connectivity index (χ0v) is 20.2. The van der Waals surface area contributed by atoms with Crippen LogP contribution < -0.4 is 4.72 Å². The van der Waals surface area contributed by atoms with Gasteiger partial charge in [0.25, 0.3) is 10.0 Å². The molecule has 0 radical (unpaired) electrons. The first kappa shape index (κ1) is 24.6. The van der Waals surface area contributed by atoms with E-state index in [9.17, 15) is 13.2 Å². The second-order valence-corrected chi connectivity index (χ2v) is 9.76. The molecule has 0 fully saturated rings. The Morgan fingerprint density at radius 3 is 2.52 bits per heavy atom. The molecule has 0 aliphatic heterocycles. The molecular weight excluding hydrogens is 466 g/mol. The van der Waals surface area contributed by atoms with Crippen molar-refractivity contribution in [2.24, 2.45) is 0 Å². The van der Waals surface area contributed by atoms with Gasteiger partial charge in [0.2, 0.25) is 5.95 Å². The van der Waals surface area contributed by atoms with Gasteiger partial charge in [0.15, 0.2) is 0 Å². The van der Waals surface area contributed by atoms with Gasteiger partial charge in [-0.05, 0) is 57.0 Å². The molecule has 0 amide bonds. The predicted molar refractivity (Wildman–Crippen MR) is 126 cm³/mol. The van der Waals surface area contributed by atoms with E-state index in [0.717, 1.165) is 22.8 Å². The minimum atomic E-state index is -4.16. The minimum absolute atomic E-state index is 0.0254. The number of benzene rings is 2. The summed E-state index contributed by atoms with van der Waals surface area (Å²) < 4.78 is 33.9. The minimum Gasteiger partial charge on any atom is -0.478 e. The van der Waals surface area contributed by atoms with Crippen molar-refractivity contribution >= 4 is 33.5 Å². The topological polar surface area (TPSA) is 118 Å². The number of halogens is 1. The van der Waals surface area contributed by atoms with Gasteiger partial charge in [0, 0.05) is 11.1 Å². The second kappa shape index (κ2) is 9.86. The summed E-state index contributed by atoms with van der Waals surface area (Å²) in [6, 6.07) is 10.7. The lowest BCUT2D eigenvalue weighted by molar-refractivity contribution is 0.0659. The molecule has 0 bridgehead atoms. The summed E-state index contributed by atoms with van der Waals surface area (Å²) in [6.45, 7) is 7.90. The molecule has 33 heavy (non-hydrogen) atoms. The number of aromatic carboxylic acids is 1. The highest BCUT2D eigenvalue weighted by atomic mass is 35.5. The maximum Gasteiger partial charge on any atom is 0.335 e. The molecule has 3 rings (SSSR count). The number of nitrogens with one attached hydrogen (secondary N) is 1. The van der Waals surface area contributed by atoms with E-state index in [1.807, 2.05) is 39.0 Å². The normalized spacial score (nSPS) is 11.6. The third-order valence-electron chi connectivity index (χ3n) is 4.87. The molecule has 0 unspecified atom stereocenters. The van der Waals surface area contributed by atoms with Crippen molar-refractivity contribution in [3.05, 3.63) is 69.9 Å². The molecule has 1 aromatic heterocycles. The van der Waals surface area contributed by atoms with E-state index >= 15 is 0 Å². The first-order valence-electron chi connectivity index (χ1n) is 10.1. The molecule has 0 aliphatic rings. The number of carboxylic acid groups (broad SMARTS) is 1. The highest BCUT2D eigenvalue weighted by molar-refractivity contribution is 7.92. The van der Waals surface area contributed by atoms with E-state index in [4.69, 9.17) is 21.4 Å². The summed E-state index contributed by atoms with van der Waals surface area (Å²) in [5.41, 5.74) is 3.50. The van der Waals surface area contributed by atoms with Crippen LogP contribution in [0.15, 0.2) is 47.4 Å². The van der Waals surface area contributed by atoms with Gasteiger partial charge in [-0.1, -0.05) is 35.9 Å². The van der Waals surface area contributed by atoms with Crippen molar-refractivity contribution < 1.29 is 23.1 Å². The third kappa shape index (κ3) is 5.68. The van der Waals surface area contributed by atoms with Crippen LogP contribution in [-0.2, 0) is 21.4 Å². The van der Waals surface area contributed by atoms with Crippen molar-refractivity contribution in [2.45, 2.75) is 45.3 Å². The van der Waals surface area contributed by atoms with Crippen LogP contribution >= 0.6 is 11.6 Å². The molecule has 174 valence electrons. The van der Waals surface area contributed by atoms with E-state index < -0.39 is 16.0 Å². The van der Waals surface area contributed by atoms with Gasteiger partial charge >= 0.3 is 5.97 Å². The molecule has 0 aliphatic carbocycles. The number of anilines is 1. The van der Waals surface area contributed by atoms with Crippen molar-refractivity contribution in [1.82, 2.24) is 9.97 Å². The Balaban J connectivity index is 2.07. The first-order chi connectivity index (χ1) is 15.5. The van der Waals surface area contributed by atoms with Gasteiger partial charge < -0.3 is 9.84 Å². The fourth-order valence-electron chi connectivity index (χ4n) is 3.20. The van der Waals surface area contributed by atoms with Crippen LogP contribution in [0.2, 0.25) is 5.15 Å². The van der Waals surface area contributed by atoms with Crippen molar-refractivity contribution in [3.8, 4) is 11.3 Å². The summed E-state index contributed by atoms with van der Waals surface area (Å²) in [4.78, 5) is 19.5. The molecule has 0 saturated heterocycles. The van der Waals surface area contributed by atoms with Crippen LogP contribution in [0.25, 0.3) is 11.3 Å². The Morgan fingerprint density at radius 2 is 1.85 bits per heavy atom. The number of hydrogen-bond acceptors (Lipinski definition) is 6. The van der Waals surface area contributed by atoms with E-state index in [0.29, 0.717) is 17.9 Å². The number of sulfonamides is 1. The number of rotatable bonds is 8. The highest BCUT2D eigenvalue weighted by Crippen LogP contribution is 2.33. The number of ether oxygens (including phenoxy) is 1. The fourth-order valence-corrected chi connectivity index (χ4v) is 4.36. The van der Waals surface area contributed by atoms with E-state index in [2.05, 4.69) is 14.7 Å². The molecule has 1 heterocycles. The zero-order valence-electron chi connectivity index (χ0n) is 18.6. The molecular formula is C23H24ClN3O5S. The number of aryl methyl sites for hydroxylation is 1. The molecule has 2 N–H and O–H groups in total. The largest absolute Gasteiger partial charge is 0.478 e. The first-order valence-corrected chi connectivity index (χ1v) is 12.0. The van der Waals surface area contributed by atoms with Crippen molar-refractivity contribution in [2.75, 3.05) is 4.72 Å². The summed E-state index contributed by atoms with van der Waals surface area (Å²) in [5.74, 6) is -1.46. The van der Waals surface area contributed by atoms with Crippen LogP contribution in [0, 0.1) is 13.8 Å². The molecule has 8 nitrogen and oxygen atoms in total. The summed E-state index contributed by atoms with van der Waals surface area (Å²) in [6.07, 6.45) is 0.0254. The average Bonchev–Trinajstić information content (AvgIpc) is 2.75.